The second kappa shape index (κ2) is 6.76. The molecule has 1 aromatic carbocycles. The Labute approximate surface area is 139 Å². The predicted molar refractivity (Wildman–Crippen MR) is 87.6 cm³/mol. The number of nitrogens with one attached hydrogen (secondary N) is 1. The van der Waals surface area contributed by atoms with Crippen molar-refractivity contribution in [3.05, 3.63) is 48.0 Å². The highest BCUT2D eigenvalue weighted by atomic mass is 32.2. The molecule has 1 unspecified atom stereocenters. The lowest BCUT2D eigenvalue weighted by Gasteiger charge is -2.10. The van der Waals surface area contributed by atoms with Crippen LogP contribution in [0.5, 0.6) is 0 Å². The number of hydrogen-bond acceptors (Lipinski definition) is 4. The van der Waals surface area contributed by atoms with Gasteiger partial charge in [0.25, 0.3) is 0 Å². The molecular formula is C17H18FNO4S. The highest BCUT2D eigenvalue weighted by Gasteiger charge is 2.28. The fraction of sp³-hybridized carbons (Fsp3) is 0.353. The van der Waals surface area contributed by atoms with Crippen LogP contribution < -0.4 is 5.32 Å². The molecule has 1 fully saturated rings. The zero-order valence-electron chi connectivity index (χ0n) is 13.0. The van der Waals surface area contributed by atoms with Gasteiger partial charge in [0.15, 0.2) is 9.84 Å². The predicted octanol–water partition coefficient (Wildman–Crippen LogP) is 2.32. The monoisotopic (exact) mass is 351 g/mol. The SMILES string of the molecule is O=C(CCc1ccc(-c2ccccc2F)o1)NC1CCS(=O)(=O)C1. The van der Waals surface area contributed by atoms with Gasteiger partial charge in [0.05, 0.1) is 17.1 Å². The molecule has 1 aliphatic heterocycles. The number of sulfone groups is 1. The van der Waals surface area contributed by atoms with Gasteiger partial charge in [-0.15, -0.1) is 0 Å². The molecule has 0 saturated carbocycles. The Hall–Kier alpha value is -2.15. The van der Waals surface area contributed by atoms with Crippen molar-refractivity contribution in [3.63, 3.8) is 0 Å². The number of hydrogen-bond donors (Lipinski definition) is 1. The van der Waals surface area contributed by atoms with Gasteiger partial charge in [-0.1, -0.05) is 12.1 Å². The second-order valence-electron chi connectivity index (χ2n) is 5.91. The molecule has 2 aromatic rings. The molecule has 0 spiro atoms. The number of halogens is 1. The number of benzene rings is 1. The normalized spacial score (nSPS) is 19.3. The Kier molecular flexibility index (Phi) is 4.71. The van der Waals surface area contributed by atoms with Gasteiger partial charge < -0.3 is 9.73 Å². The van der Waals surface area contributed by atoms with Crippen molar-refractivity contribution < 1.29 is 22.0 Å². The number of furan rings is 1. The molecule has 1 N–H and O–H groups in total. The van der Waals surface area contributed by atoms with E-state index in [1.807, 2.05) is 0 Å². The van der Waals surface area contributed by atoms with E-state index in [-0.39, 0.29) is 35.7 Å². The van der Waals surface area contributed by atoms with Gasteiger partial charge in [0.2, 0.25) is 5.91 Å². The fourth-order valence-electron chi connectivity index (χ4n) is 2.76. The average molecular weight is 351 g/mol. The first-order valence-corrected chi connectivity index (χ1v) is 9.58. The molecule has 7 heteroatoms. The smallest absolute Gasteiger partial charge is 0.220 e. The van der Waals surface area contributed by atoms with Gasteiger partial charge >= 0.3 is 0 Å². The Morgan fingerprint density at radius 3 is 2.75 bits per heavy atom. The maximum absolute atomic E-state index is 13.7. The van der Waals surface area contributed by atoms with Crippen LogP contribution in [0.3, 0.4) is 0 Å². The maximum atomic E-state index is 13.7. The summed E-state index contributed by atoms with van der Waals surface area (Å²) in [4.78, 5) is 11.9. The fourth-order valence-corrected chi connectivity index (χ4v) is 4.44. The lowest BCUT2D eigenvalue weighted by Crippen LogP contribution is -2.35. The maximum Gasteiger partial charge on any atom is 0.220 e. The van der Waals surface area contributed by atoms with Gasteiger partial charge in [0.1, 0.15) is 17.3 Å². The molecule has 2 heterocycles. The van der Waals surface area contributed by atoms with Crippen LogP contribution in [0.25, 0.3) is 11.3 Å². The summed E-state index contributed by atoms with van der Waals surface area (Å²) in [5.74, 6) is 0.575. The van der Waals surface area contributed by atoms with E-state index in [1.54, 1.807) is 30.3 Å². The number of aryl methyl sites for hydroxylation is 1. The lowest BCUT2D eigenvalue weighted by molar-refractivity contribution is -0.121. The van der Waals surface area contributed by atoms with Gasteiger partial charge in [-0.25, -0.2) is 12.8 Å². The Morgan fingerprint density at radius 1 is 1.25 bits per heavy atom. The Morgan fingerprint density at radius 2 is 2.04 bits per heavy atom. The first-order valence-electron chi connectivity index (χ1n) is 7.76. The van der Waals surface area contributed by atoms with Crippen molar-refractivity contribution in [3.8, 4) is 11.3 Å². The van der Waals surface area contributed by atoms with Crippen LogP contribution in [0.1, 0.15) is 18.6 Å². The molecule has 1 amide bonds. The second-order valence-corrected chi connectivity index (χ2v) is 8.14. The average Bonchev–Trinajstić information content (AvgIpc) is 3.12. The summed E-state index contributed by atoms with van der Waals surface area (Å²) < 4.78 is 42.0. The van der Waals surface area contributed by atoms with Crippen LogP contribution in [0.2, 0.25) is 0 Å². The molecule has 1 saturated heterocycles. The van der Waals surface area contributed by atoms with Crippen molar-refractivity contribution in [1.29, 1.82) is 0 Å². The molecule has 0 bridgehead atoms. The molecular weight excluding hydrogens is 333 g/mol. The highest BCUT2D eigenvalue weighted by molar-refractivity contribution is 7.91. The molecule has 128 valence electrons. The molecule has 24 heavy (non-hydrogen) atoms. The third-order valence-corrected chi connectivity index (χ3v) is 5.76. The van der Waals surface area contributed by atoms with E-state index in [1.165, 1.54) is 6.07 Å². The Balaban J connectivity index is 1.54. The van der Waals surface area contributed by atoms with Crippen LogP contribution in [-0.2, 0) is 21.1 Å². The minimum absolute atomic E-state index is 0.0108. The van der Waals surface area contributed by atoms with Crippen molar-refractivity contribution in [2.45, 2.75) is 25.3 Å². The van der Waals surface area contributed by atoms with E-state index in [9.17, 15) is 17.6 Å². The molecule has 1 atom stereocenters. The van der Waals surface area contributed by atoms with Crippen LogP contribution in [0.15, 0.2) is 40.8 Å². The first kappa shape index (κ1) is 16.7. The first-order chi connectivity index (χ1) is 11.4. The van der Waals surface area contributed by atoms with Crippen molar-refractivity contribution >= 4 is 15.7 Å². The number of carbonyl (C=O) groups is 1. The molecule has 0 aliphatic carbocycles. The van der Waals surface area contributed by atoms with Crippen molar-refractivity contribution in [2.75, 3.05) is 11.5 Å². The lowest BCUT2D eigenvalue weighted by atomic mass is 10.1. The number of amides is 1. The van der Waals surface area contributed by atoms with Crippen LogP contribution in [0.4, 0.5) is 4.39 Å². The largest absolute Gasteiger partial charge is 0.461 e. The summed E-state index contributed by atoms with van der Waals surface area (Å²) in [6, 6.07) is 9.42. The molecule has 1 aliphatic rings. The third kappa shape index (κ3) is 4.03. The molecule has 5 nitrogen and oxygen atoms in total. The zero-order valence-corrected chi connectivity index (χ0v) is 13.8. The molecule has 3 rings (SSSR count). The van der Waals surface area contributed by atoms with Crippen molar-refractivity contribution in [1.82, 2.24) is 5.32 Å². The van der Waals surface area contributed by atoms with E-state index in [0.29, 0.717) is 29.9 Å². The van der Waals surface area contributed by atoms with Crippen molar-refractivity contribution in [2.24, 2.45) is 0 Å². The summed E-state index contributed by atoms with van der Waals surface area (Å²) in [6.45, 7) is 0. The van der Waals surface area contributed by atoms with Gasteiger partial charge in [-0.3, -0.25) is 4.79 Å². The highest BCUT2D eigenvalue weighted by Crippen LogP contribution is 2.25. The standard InChI is InChI=1S/C17H18FNO4S/c18-15-4-2-1-3-14(15)16-7-5-13(23-16)6-8-17(20)19-12-9-10-24(21,22)11-12/h1-5,7,12H,6,8-11H2,(H,19,20). The van der Waals surface area contributed by atoms with Crippen LogP contribution in [0, 0.1) is 5.82 Å². The van der Waals surface area contributed by atoms with E-state index in [2.05, 4.69) is 5.32 Å². The minimum Gasteiger partial charge on any atom is -0.461 e. The summed E-state index contributed by atoms with van der Waals surface area (Å²) in [6.07, 6.45) is 1.03. The molecule has 0 radical (unpaired) electrons. The third-order valence-electron chi connectivity index (χ3n) is 4.00. The quantitative estimate of drug-likeness (QED) is 0.897. The number of carbonyl (C=O) groups excluding carboxylic acids is 1. The van der Waals surface area contributed by atoms with Crippen LogP contribution in [-0.4, -0.2) is 31.9 Å². The summed E-state index contributed by atoms with van der Waals surface area (Å²) in [7, 11) is -3.01. The van der Waals surface area contributed by atoms with E-state index in [4.69, 9.17) is 4.42 Å². The minimum atomic E-state index is -3.01. The zero-order chi connectivity index (χ0) is 17.2. The van der Waals surface area contributed by atoms with Crippen LogP contribution >= 0.6 is 0 Å². The van der Waals surface area contributed by atoms with E-state index < -0.39 is 9.84 Å². The Bertz CT molecular complexity index is 844. The summed E-state index contributed by atoms with van der Waals surface area (Å²) >= 11 is 0. The van der Waals surface area contributed by atoms with Gasteiger partial charge in [-0.05, 0) is 30.7 Å². The van der Waals surface area contributed by atoms with E-state index >= 15 is 0 Å². The molecule has 1 aromatic heterocycles. The number of rotatable bonds is 5. The van der Waals surface area contributed by atoms with Gasteiger partial charge in [-0.2, -0.15) is 0 Å². The van der Waals surface area contributed by atoms with Gasteiger partial charge in [0, 0.05) is 18.9 Å². The van der Waals surface area contributed by atoms with E-state index in [0.717, 1.165) is 0 Å². The topological polar surface area (TPSA) is 76.4 Å². The summed E-state index contributed by atoms with van der Waals surface area (Å²) in [5.41, 5.74) is 0.379. The summed E-state index contributed by atoms with van der Waals surface area (Å²) in [5, 5.41) is 2.73.